The summed E-state index contributed by atoms with van der Waals surface area (Å²) in [5.41, 5.74) is 6.22. The molecule has 7 rings (SSSR count). The molecule has 0 N–H and O–H groups in total. The highest BCUT2D eigenvalue weighted by Gasteiger charge is 2.33. The van der Waals surface area contributed by atoms with Crippen molar-refractivity contribution in [1.82, 2.24) is 0 Å². The van der Waals surface area contributed by atoms with Gasteiger partial charge in [-0.3, -0.25) is 4.79 Å². The Morgan fingerprint density at radius 2 is 1.05 bits per heavy atom. The number of halogens is 2. The predicted molar refractivity (Wildman–Crippen MR) is 250 cm³/mol. The molecule has 3 aliphatic carbocycles. The van der Waals surface area contributed by atoms with Crippen molar-refractivity contribution in [3.63, 3.8) is 0 Å². The summed E-state index contributed by atoms with van der Waals surface area (Å²) in [4.78, 5) is 12.8. The minimum atomic E-state index is -0.597. The number of carbonyl (C=O) groups excluding carboxylic acids is 1. The second kappa shape index (κ2) is 23.8. The molecule has 0 atom stereocenters. The normalized spacial score (nSPS) is 22.6. The first-order valence-electron chi connectivity index (χ1n) is 24.3. The highest BCUT2D eigenvalue weighted by Crippen LogP contribution is 2.43. The first kappa shape index (κ1) is 46.3. The van der Waals surface area contributed by atoms with Crippen LogP contribution in [0.25, 0.3) is 11.1 Å². The Labute approximate surface area is 367 Å². The average Bonchev–Trinajstić information content (AvgIpc) is 3.28. The maximum absolute atomic E-state index is 14.2. The van der Waals surface area contributed by atoms with E-state index in [9.17, 15) is 13.6 Å². The quantitative estimate of drug-likeness (QED) is 0.0762. The van der Waals surface area contributed by atoms with Crippen molar-refractivity contribution in [3.05, 3.63) is 124 Å². The Kier molecular flexibility index (Phi) is 18.1. The summed E-state index contributed by atoms with van der Waals surface area (Å²) in [5.74, 6) is 9.55. The van der Waals surface area contributed by atoms with E-state index in [-0.39, 0.29) is 17.5 Å². The first-order valence-corrected chi connectivity index (χ1v) is 24.3. The number of ether oxygens (including phenoxy) is 1. The average molecular weight is 827 g/mol. The van der Waals surface area contributed by atoms with Gasteiger partial charge in [0, 0.05) is 5.56 Å². The van der Waals surface area contributed by atoms with E-state index in [1.165, 1.54) is 113 Å². The lowest BCUT2D eigenvalue weighted by Gasteiger charge is -2.37. The molecule has 326 valence electrons. The van der Waals surface area contributed by atoms with Gasteiger partial charge in [0.05, 0.1) is 11.5 Å². The molecule has 2 nitrogen and oxygen atoms in total. The van der Waals surface area contributed by atoms with E-state index in [0.717, 1.165) is 78.2 Å². The molecule has 0 aliphatic heterocycles. The van der Waals surface area contributed by atoms with Crippen LogP contribution in [0.3, 0.4) is 0 Å². The van der Waals surface area contributed by atoms with Crippen LogP contribution in [0.1, 0.15) is 177 Å². The monoisotopic (exact) mass is 827 g/mol. The summed E-state index contributed by atoms with van der Waals surface area (Å²) >= 11 is 0. The van der Waals surface area contributed by atoms with E-state index in [2.05, 4.69) is 69.0 Å². The van der Waals surface area contributed by atoms with Gasteiger partial charge in [0.25, 0.3) is 0 Å². The third kappa shape index (κ3) is 13.6. The Bertz CT molecular complexity index is 1960. The zero-order valence-corrected chi connectivity index (χ0v) is 37.8. The number of rotatable bonds is 13. The largest absolute Gasteiger partial charge is 0.426 e. The molecule has 3 aliphatic rings. The predicted octanol–water partition coefficient (Wildman–Crippen LogP) is 16.0. The van der Waals surface area contributed by atoms with Crippen LogP contribution < -0.4 is 4.74 Å². The van der Waals surface area contributed by atoms with E-state index < -0.39 is 11.6 Å². The van der Waals surface area contributed by atoms with Gasteiger partial charge < -0.3 is 4.74 Å². The standard InChI is InChI=1S/C31H48O2.C26H24F2/c1-3-5-23-7-11-25(12-8-23)27-15-17-29(18-16-27)31(32)33-30-21-19-28(20-22-30)26-13-9-24(6-4-2)10-14-26;1-3-5-19-7-12-22(13-8-19)23-14-9-20(10-15-23)11-16-24-25(27)17-21(6-4-2)18-26(24)28/h19-27,29H,3-18H2,1-2H3;7-10,12-15,17-18H,3-6H2,1-2H3. The summed E-state index contributed by atoms with van der Waals surface area (Å²) < 4.78 is 34.2. The van der Waals surface area contributed by atoms with Crippen molar-refractivity contribution in [2.45, 2.75) is 162 Å². The van der Waals surface area contributed by atoms with Gasteiger partial charge in [-0.25, -0.2) is 8.78 Å². The topological polar surface area (TPSA) is 26.3 Å². The fraction of sp³-hybridized carbons (Fsp3) is 0.526. The summed E-state index contributed by atoms with van der Waals surface area (Å²) in [6.07, 6.45) is 24.8. The zero-order valence-electron chi connectivity index (χ0n) is 37.8. The van der Waals surface area contributed by atoms with E-state index in [4.69, 9.17) is 4.74 Å². The van der Waals surface area contributed by atoms with Crippen molar-refractivity contribution in [3.8, 4) is 28.7 Å². The van der Waals surface area contributed by atoms with Crippen molar-refractivity contribution in [1.29, 1.82) is 0 Å². The fourth-order valence-corrected chi connectivity index (χ4v) is 10.6. The molecular formula is C57H72F2O2. The van der Waals surface area contributed by atoms with Crippen molar-refractivity contribution < 1.29 is 18.3 Å². The Morgan fingerprint density at radius 3 is 1.57 bits per heavy atom. The van der Waals surface area contributed by atoms with Crippen LogP contribution in [-0.4, -0.2) is 5.97 Å². The summed E-state index contributed by atoms with van der Waals surface area (Å²) in [5, 5.41) is 0. The number of carbonyl (C=O) groups is 1. The summed E-state index contributed by atoms with van der Waals surface area (Å²) in [6, 6.07) is 27.5. The highest BCUT2D eigenvalue weighted by molar-refractivity contribution is 5.75. The molecule has 0 spiro atoms. The highest BCUT2D eigenvalue weighted by atomic mass is 19.1. The molecule has 0 aromatic heterocycles. The van der Waals surface area contributed by atoms with Gasteiger partial charge in [-0.15, -0.1) is 0 Å². The number of benzene rings is 4. The molecule has 0 unspecified atom stereocenters. The van der Waals surface area contributed by atoms with E-state index in [1.807, 2.05) is 43.3 Å². The lowest BCUT2D eigenvalue weighted by molar-refractivity contribution is -0.140. The lowest BCUT2D eigenvalue weighted by Crippen LogP contribution is -2.30. The molecule has 4 heteroatoms. The third-order valence-electron chi connectivity index (χ3n) is 14.2. The first-order chi connectivity index (χ1) is 29.8. The molecule has 4 aromatic rings. The van der Waals surface area contributed by atoms with E-state index in [0.29, 0.717) is 17.9 Å². The summed E-state index contributed by atoms with van der Waals surface area (Å²) in [7, 11) is 0. The van der Waals surface area contributed by atoms with Crippen LogP contribution in [0, 0.1) is 53.1 Å². The Balaban J connectivity index is 0.000000207. The van der Waals surface area contributed by atoms with Crippen molar-refractivity contribution in [2.24, 2.45) is 29.6 Å². The van der Waals surface area contributed by atoms with Crippen LogP contribution in [-0.2, 0) is 17.6 Å². The lowest BCUT2D eigenvalue weighted by atomic mass is 9.69. The SMILES string of the molecule is CCCC1CCC(c2ccc(OC(=O)C3CCC(C4CCC(CCC)CC4)CC3)cc2)CC1.CCCc1ccc(-c2ccc(C#Cc3c(F)cc(CCC)cc3F)cc2)cc1. The molecule has 0 radical (unpaired) electrons. The number of hydrogen-bond donors (Lipinski definition) is 0. The number of aryl methyl sites for hydroxylation is 2. The van der Waals surface area contributed by atoms with E-state index >= 15 is 0 Å². The third-order valence-corrected chi connectivity index (χ3v) is 14.2. The van der Waals surface area contributed by atoms with Crippen molar-refractivity contribution >= 4 is 5.97 Å². The molecule has 3 saturated carbocycles. The van der Waals surface area contributed by atoms with Gasteiger partial charge >= 0.3 is 5.97 Å². The van der Waals surface area contributed by atoms with Gasteiger partial charge in [0.2, 0.25) is 0 Å². The van der Waals surface area contributed by atoms with Crippen LogP contribution in [0.5, 0.6) is 5.75 Å². The van der Waals surface area contributed by atoms with Gasteiger partial charge in [0.1, 0.15) is 17.4 Å². The minimum Gasteiger partial charge on any atom is -0.426 e. The molecule has 0 bridgehead atoms. The Morgan fingerprint density at radius 1 is 0.557 bits per heavy atom. The molecule has 0 heterocycles. The second-order valence-electron chi connectivity index (χ2n) is 18.6. The fourth-order valence-electron chi connectivity index (χ4n) is 10.6. The summed E-state index contributed by atoms with van der Waals surface area (Å²) in [6.45, 7) is 8.77. The second-order valence-corrected chi connectivity index (χ2v) is 18.6. The minimum absolute atomic E-state index is 0.00734. The molecule has 3 fully saturated rings. The van der Waals surface area contributed by atoms with Crippen LogP contribution >= 0.6 is 0 Å². The van der Waals surface area contributed by atoms with Crippen molar-refractivity contribution in [2.75, 3.05) is 0 Å². The van der Waals surface area contributed by atoms with Crippen LogP contribution in [0.4, 0.5) is 8.78 Å². The number of hydrogen-bond acceptors (Lipinski definition) is 2. The molecule has 0 saturated heterocycles. The molecule has 4 aromatic carbocycles. The van der Waals surface area contributed by atoms with Gasteiger partial charge in [-0.05, 0) is 171 Å². The Hall–Kier alpha value is -4.23. The maximum atomic E-state index is 14.2. The van der Waals surface area contributed by atoms with Crippen LogP contribution in [0.2, 0.25) is 0 Å². The molecule has 61 heavy (non-hydrogen) atoms. The molecule has 0 amide bonds. The molecular weight excluding hydrogens is 755 g/mol. The van der Waals surface area contributed by atoms with Crippen LogP contribution in [0.15, 0.2) is 84.9 Å². The maximum Gasteiger partial charge on any atom is 0.314 e. The van der Waals surface area contributed by atoms with Gasteiger partial charge in [-0.2, -0.15) is 0 Å². The number of esters is 1. The van der Waals surface area contributed by atoms with Gasteiger partial charge in [0.15, 0.2) is 0 Å². The van der Waals surface area contributed by atoms with E-state index in [1.54, 1.807) is 0 Å². The smallest absolute Gasteiger partial charge is 0.314 e. The van der Waals surface area contributed by atoms with Gasteiger partial charge in [-0.1, -0.05) is 139 Å². The zero-order chi connectivity index (χ0) is 43.0.